The molecule has 0 aliphatic carbocycles. The van der Waals surface area contributed by atoms with E-state index in [2.05, 4.69) is 10.3 Å². The van der Waals surface area contributed by atoms with Gasteiger partial charge in [0.25, 0.3) is 5.24 Å². The van der Waals surface area contributed by atoms with Crippen molar-refractivity contribution in [3.05, 3.63) is 71.6 Å². The normalized spacial score (nSPS) is 16.8. The zero-order chi connectivity index (χ0) is 22.0. The minimum Gasteiger partial charge on any atom is -0.441 e. The van der Waals surface area contributed by atoms with Crippen molar-refractivity contribution in [1.82, 2.24) is 10.3 Å². The van der Waals surface area contributed by atoms with Crippen molar-refractivity contribution >= 4 is 28.9 Å². The number of carbonyl (C=O) groups is 3. The summed E-state index contributed by atoms with van der Waals surface area (Å²) in [5, 5.41) is 1.51. The number of carbonyl (C=O) groups excluding carboxylic acids is 3. The van der Waals surface area contributed by atoms with Crippen LogP contribution in [-0.2, 0) is 16.0 Å². The van der Waals surface area contributed by atoms with Gasteiger partial charge in [-0.25, -0.2) is 4.98 Å². The van der Waals surface area contributed by atoms with Gasteiger partial charge < -0.3 is 9.15 Å². The van der Waals surface area contributed by atoms with E-state index in [1.54, 1.807) is 38.1 Å². The molecule has 7 nitrogen and oxygen atoms in total. The summed E-state index contributed by atoms with van der Waals surface area (Å²) >= 11 is 0.986. The van der Waals surface area contributed by atoms with Gasteiger partial charge in [0.15, 0.2) is 0 Å². The predicted molar refractivity (Wildman–Crippen MR) is 116 cm³/mol. The molecule has 2 amide bonds. The number of ether oxygens (including phenoxy) is 1. The van der Waals surface area contributed by atoms with Crippen molar-refractivity contribution in [2.75, 3.05) is 0 Å². The van der Waals surface area contributed by atoms with E-state index in [1.165, 1.54) is 0 Å². The van der Waals surface area contributed by atoms with E-state index in [0.29, 0.717) is 29.5 Å². The Hall–Kier alpha value is -3.39. The van der Waals surface area contributed by atoms with Crippen molar-refractivity contribution in [3.63, 3.8) is 0 Å². The molecule has 3 aromatic rings. The molecule has 2 heterocycles. The molecule has 1 N–H and O–H groups in total. The summed E-state index contributed by atoms with van der Waals surface area (Å²) in [6, 6.07) is 16.4. The van der Waals surface area contributed by atoms with Crippen LogP contribution in [0.2, 0.25) is 0 Å². The Bertz CT molecular complexity index is 1120. The Morgan fingerprint density at radius 2 is 1.87 bits per heavy atom. The minimum absolute atomic E-state index is 0.280. The van der Waals surface area contributed by atoms with Crippen LogP contribution in [0, 0.1) is 6.92 Å². The van der Waals surface area contributed by atoms with Crippen LogP contribution in [0.4, 0.5) is 4.79 Å². The minimum atomic E-state index is -0.606. The highest BCUT2D eigenvalue weighted by molar-refractivity contribution is 8.15. The zero-order valence-electron chi connectivity index (χ0n) is 17.0. The summed E-state index contributed by atoms with van der Waals surface area (Å²) in [7, 11) is 0. The van der Waals surface area contributed by atoms with Crippen LogP contribution in [-0.4, -0.2) is 27.3 Å². The van der Waals surface area contributed by atoms with E-state index in [4.69, 9.17) is 9.15 Å². The Labute approximate surface area is 183 Å². The first-order valence-electron chi connectivity index (χ1n) is 9.75. The number of nitrogens with zero attached hydrogens (tertiary/aromatic N) is 1. The van der Waals surface area contributed by atoms with Crippen LogP contribution in [0.25, 0.3) is 11.5 Å². The number of oxazole rings is 1. The van der Waals surface area contributed by atoms with Crippen molar-refractivity contribution < 1.29 is 23.5 Å². The highest BCUT2D eigenvalue weighted by Gasteiger charge is 2.31. The molecule has 0 bridgehead atoms. The molecule has 0 spiro atoms. The fourth-order valence-corrected chi connectivity index (χ4v) is 4.13. The van der Waals surface area contributed by atoms with Gasteiger partial charge in [0.05, 0.1) is 10.9 Å². The van der Waals surface area contributed by atoms with Gasteiger partial charge in [-0.2, -0.15) is 0 Å². The number of esters is 1. The molecule has 1 aromatic heterocycles. The van der Waals surface area contributed by atoms with Crippen LogP contribution in [0.3, 0.4) is 0 Å². The molecule has 1 fully saturated rings. The molecule has 4 rings (SSSR count). The lowest BCUT2D eigenvalue weighted by atomic mass is 10.1. The number of aryl methyl sites for hydroxylation is 1. The number of benzene rings is 2. The molecular weight excluding hydrogens is 416 g/mol. The quantitative estimate of drug-likeness (QED) is 0.455. The molecule has 0 saturated carbocycles. The third-order valence-corrected chi connectivity index (χ3v) is 5.93. The predicted octanol–water partition coefficient (Wildman–Crippen LogP) is 4.25. The smallest absolute Gasteiger partial charge is 0.320 e. The first kappa shape index (κ1) is 20.9. The second-order valence-corrected chi connectivity index (χ2v) is 8.38. The fraction of sp³-hybridized carbons (Fsp3) is 0.217. The number of nitrogens with one attached hydrogen (secondary N) is 1. The van der Waals surface area contributed by atoms with E-state index in [1.807, 2.05) is 30.3 Å². The molecule has 2 aromatic carbocycles. The summed E-state index contributed by atoms with van der Waals surface area (Å²) in [6.07, 6.45) is 0.424. The maximum atomic E-state index is 12.7. The van der Waals surface area contributed by atoms with E-state index < -0.39 is 17.1 Å². The summed E-state index contributed by atoms with van der Waals surface area (Å²) in [6.45, 7) is 3.50. The van der Waals surface area contributed by atoms with E-state index >= 15 is 0 Å². The lowest BCUT2D eigenvalue weighted by molar-refractivity contribution is -0.135. The summed E-state index contributed by atoms with van der Waals surface area (Å²) in [5.41, 5.74) is 2.24. The Morgan fingerprint density at radius 1 is 1.16 bits per heavy atom. The number of imide groups is 1. The molecule has 31 heavy (non-hydrogen) atoms. The van der Waals surface area contributed by atoms with Gasteiger partial charge in [0.2, 0.25) is 11.8 Å². The number of aromatic nitrogens is 1. The summed E-state index contributed by atoms with van der Waals surface area (Å²) in [5.74, 6) is 0.0947. The van der Waals surface area contributed by atoms with Crippen molar-refractivity contribution in [2.24, 2.45) is 0 Å². The number of hydrogen-bond donors (Lipinski definition) is 1. The van der Waals surface area contributed by atoms with Crippen molar-refractivity contribution in [3.8, 4) is 17.2 Å². The SMILES string of the molecule is Cc1oc(-c2ccccc2)nc1C(C)C(=O)Oc1ccc(CC2SC(=O)NC2=O)cc1. The van der Waals surface area contributed by atoms with Gasteiger partial charge in [-0.05, 0) is 50.1 Å². The largest absolute Gasteiger partial charge is 0.441 e. The Kier molecular flexibility index (Phi) is 5.90. The van der Waals surface area contributed by atoms with Gasteiger partial charge in [-0.15, -0.1) is 0 Å². The highest BCUT2D eigenvalue weighted by Crippen LogP contribution is 2.28. The molecule has 8 heteroatoms. The highest BCUT2D eigenvalue weighted by atomic mass is 32.2. The van der Waals surface area contributed by atoms with Gasteiger partial charge in [0.1, 0.15) is 17.4 Å². The monoisotopic (exact) mass is 436 g/mol. The van der Waals surface area contributed by atoms with E-state index in [9.17, 15) is 14.4 Å². The average Bonchev–Trinajstić information content (AvgIpc) is 3.30. The Morgan fingerprint density at radius 3 is 2.52 bits per heavy atom. The summed E-state index contributed by atoms with van der Waals surface area (Å²) in [4.78, 5) is 40.1. The Balaban J connectivity index is 1.41. The third-order valence-electron chi connectivity index (χ3n) is 4.95. The van der Waals surface area contributed by atoms with Crippen LogP contribution in [0.1, 0.15) is 29.9 Å². The lowest BCUT2D eigenvalue weighted by Gasteiger charge is -2.10. The van der Waals surface area contributed by atoms with Crippen LogP contribution in [0.5, 0.6) is 5.75 Å². The second kappa shape index (κ2) is 8.77. The molecule has 1 aliphatic rings. The van der Waals surface area contributed by atoms with Crippen molar-refractivity contribution in [1.29, 1.82) is 0 Å². The molecule has 158 valence electrons. The number of rotatable bonds is 6. The molecule has 0 radical (unpaired) electrons. The van der Waals surface area contributed by atoms with Crippen LogP contribution in [0.15, 0.2) is 59.0 Å². The number of thioether (sulfide) groups is 1. The molecular formula is C23H20N2O5S. The van der Waals surface area contributed by atoms with Gasteiger partial charge in [-0.1, -0.05) is 42.1 Å². The second-order valence-electron chi connectivity index (χ2n) is 7.20. The molecule has 2 unspecified atom stereocenters. The van der Waals surface area contributed by atoms with E-state index in [-0.39, 0.29) is 11.1 Å². The zero-order valence-corrected chi connectivity index (χ0v) is 17.8. The van der Waals surface area contributed by atoms with Crippen molar-refractivity contribution in [2.45, 2.75) is 31.4 Å². The molecule has 1 aliphatic heterocycles. The summed E-state index contributed by atoms with van der Waals surface area (Å²) < 4.78 is 11.2. The maximum absolute atomic E-state index is 12.7. The third kappa shape index (κ3) is 4.69. The number of amides is 2. The topological polar surface area (TPSA) is 98.5 Å². The fourth-order valence-electron chi connectivity index (χ4n) is 3.27. The van der Waals surface area contributed by atoms with E-state index in [0.717, 1.165) is 22.9 Å². The lowest BCUT2D eigenvalue weighted by Crippen LogP contribution is -2.25. The standard InChI is InChI=1S/C23H20N2O5S/c1-13(19-14(2)29-21(24-19)16-6-4-3-5-7-16)22(27)30-17-10-8-15(9-11-17)12-18-20(26)25-23(28)31-18/h3-11,13,18H,12H2,1-2H3,(H,25,26,28). The van der Waals surface area contributed by atoms with Gasteiger partial charge in [0, 0.05) is 5.56 Å². The van der Waals surface area contributed by atoms with Gasteiger partial charge in [-0.3, -0.25) is 19.7 Å². The van der Waals surface area contributed by atoms with Crippen LogP contribution >= 0.6 is 11.8 Å². The van der Waals surface area contributed by atoms with Crippen LogP contribution < -0.4 is 10.1 Å². The first-order valence-corrected chi connectivity index (χ1v) is 10.6. The maximum Gasteiger partial charge on any atom is 0.320 e. The first-order chi connectivity index (χ1) is 14.9. The number of hydrogen-bond acceptors (Lipinski definition) is 7. The average molecular weight is 436 g/mol. The molecule has 1 saturated heterocycles. The molecule has 2 atom stereocenters. The van der Waals surface area contributed by atoms with Gasteiger partial charge >= 0.3 is 5.97 Å².